The minimum absolute atomic E-state index is 0.115. The van der Waals surface area contributed by atoms with Crippen LogP contribution in [0.3, 0.4) is 0 Å². The molecule has 3 nitrogen and oxygen atoms in total. The van der Waals surface area contributed by atoms with Gasteiger partial charge in [-0.3, -0.25) is 0 Å². The van der Waals surface area contributed by atoms with Crippen molar-refractivity contribution in [1.82, 2.24) is 0 Å². The summed E-state index contributed by atoms with van der Waals surface area (Å²) in [4.78, 5) is 10.5. The van der Waals surface area contributed by atoms with Crippen molar-refractivity contribution in [1.29, 1.82) is 0 Å². The van der Waals surface area contributed by atoms with E-state index in [0.717, 1.165) is 12.5 Å². The van der Waals surface area contributed by atoms with Crippen molar-refractivity contribution in [3.63, 3.8) is 0 Å². The van der Waals surface area contributed by atoms with E-state index in [1.807, 2.05) is 6.92 Å². The molecule has 0 aliphatic carbocycles. The molecule has 3 heteroatoms. The Hall–Kier alpha value is -0.830. The summed E-state index contributed by atoms with van der Waals surface area (Å²) < 4.78 is 9.68. The molecule has 0 aromatic rings. The van der Waals surface area contributed by atoms with Crippen molar-refractivity contribution in [3.8, 4) is 0 Å². The lowest BCUT2D eigenvalue weighted by atomic mass is 10.4. The van der Waals surface area contributed by atoms with Gasteiger partial charge in [-0.1, -0.05) is 13.5 Å². The standard InChI is InChI=1S/C7H10O3/c1-3-5-7(9-5)10-6(8)4-2/h4-5,7H,2-3H2,1H3. The SMILES string of the molecule is C=CC(=O)OC1OC1CC. The molecular weight excluding hydrogens is 132 g/mol. The predicted octanol–water partition coefficient (Wildman–Crippen LogP) is 0.850. The average molecular weight is 142 g/mol. The lowest BCUT2D eigenvalue weighted by Crippen LogP contribution is -2.05. The number of esters is 1. The molecule has 0 amide bonds. The third kappa shape index (κ3) is 1.57. The Morgan fingerprint density at radius 2 is 2.60 bits per heavy atom. The normalized spacial score (nSPS) is 29.3. The molecule has 0 N–H and O–H groups in total. The van der Waals surface area contributed by atoms with Gasteiger partial charge in [0.1, 0.15) is 6.10 Å². The zero-order valence-corrected chi connectivity index (χ0v) is 5.87. The topological polar surface area (TPSA) is 38.8 Å². The lowest BCUT2D eigenvalue weighted by Gasteiger charge is -1.92. The third-order valence-electron chi connectivity index (χ3n) is 1.34. The highest BCUT2D eigenvalue weighted by Gasteiger charge is 2.40. The Labute approximate surface area is 59.6 Å². The maximum atomic E-state index is 10.5. The summed E-state index contributed by atoms with van der Waals surface area (Å²) in [5.41, 5.74) is 0. The van der Waals surface area contributed by atoms with Crippen LogP contribution in [-0.4, -0.2) is 18.4 Å². The van der Waals surface area contributed by atoms with Crippen molar-refractivity contribution in [2.45, 2.75) is 25.7 Å². The Balaban J connectivity index is 2.17. The molecule has 1 aliphatic rings. The van der Waals surface area contributed by atoms with Gasteiger partial charge in [-0.2, -0.15) is 0 Å². The van der Waals surface area contributed by atoms with Gasteiger partial charge < -0.3 is 9.47 Å². The molecule has 0 saturated carbocycles. The van der Waals surface area contributed by atoms with Crippen molar-refractivity contribution in [3.05, 3.63) is 12.7 Å². The van der Waals surface area contributed by atoms with Crippen LogP contribution in [0.5, 0.6) is 0 Å². The summed E-state index contributed by atoms with van der Waals surface area (Å²) in [5.74, 6) is -0.416. The van der Waals surface area contributed by atoms with E-state index in [4.69, 9.17) is 9.47 Å². The van der Waals surface area contributed by atoms with Crippen molar-refractivity contribution in [2.75, 3.05) is 0 Å². The quantitative estimate of drug-likeness (QED) is 0.333. The maximum absolute atomic E-state index is 10.5. The smallest absolute Gasteiger partial charge is 0.332 e. The van der Waals surface area contributed by atoms with Crippen LogP contribution in [-0.2, 0) is 14.3 Å². The lowest BCUT2D eigenvalue weighted by molar-refractivity contribution is -0.142. The van der Waals surface area contributed by atoms with Crippen LogP contribution in [0.4, 0.5) is 0 Å². The zero-order valence-electron chi connectivity index (χ0n) is 5.87. The number of carbonyl (C=O) groups excluding carboxylic acids is 1. The van der Waals surface area contributed by atoms with Gasteiger partial charge in [-0.25, -0.2) is 4.79 Å². The molecular formula is C7H10O3. The van der Waals surface area contributed by atoms with E-state index >= 15 is 0 Å². The first kappa shape index (κ1) is 7.28. The van der Waals surface area contributed by atoms with Crippen molar-refractivity contribution >= 4 is 5.97 Å². The van der Waals surface area contributed by atoms with Gasteiger partial charge >= 0.3 is 5.97 Å². The van der Waals surface area contributed by atoms with Crippen LogP contribution in [0.25, 0.3) is 0 Å². The Morgan fingerprint density at radius 3 is 3.00 bits per heavy atom. The summed E-state index contributed by atoms with van der Waals surface area (Å²) in [7, 11) is 0. The largest absolute Gasteiger partial charge is 0.430 e. The molecule has 1 saturated heterocycles. The van der Waals surface area contributed by atoms with E-state index in [2.05, 4.69) is 6.58 Å². The summed E-state index contributed by atoms with van der Waals surface area (Å²) in [6.07, 6.45) is 1.82. The van der Waals surface area contributed by atoms with Crippen LogP contribution in [0.2, 0.25) is 0 Å². The molecule has 1 rings (SSSR count). The monoisotopic (exact) mass is 142 g/mol. The molecule has 1 heterocycles. The molecule has 2 unspecified atom stereocenters. The van der Waals surface area contributed by atoms with Gasteiger partial charge in [-0.15, -0.1) is 0 Å². The first-order valence-electron chi connectivity index (χ1n) is 3.26. The molecule has 56 valence electrons. The van der Waals surface area contributed by atoms with E-state index in [1.54, 1.807) is 0 Å². The number of hydrogen-bond donors (Lipinski definition) is 0. The molecule has 0 spiro atoms. The van der Waals surface area contributed by atoms with Crippen LogP contribution < -0.4 is 0 Å². The second-order valence-corrected chi connectivity index (χ2v) is 2.09. The van der Waals surface area contributed by atoms with Gasteiger partial charge in [0.15, 0.2) is 0 Å². The fourth-order valence-electron chi connectivity index (χ4n) is 0.682. The van der Waals surface area contributed by atoms with Crippen molar-refractivity contribution in [2.24, 2.45) is 0 Å². The number of rotatable bonds is 3. The molecule has 0 aromatic carbocycles. The Morgan fingerprint density at radius 1 is 1.90 bits per heavy atom. The average Bonchev–Trinajstić information content (AvgIpc) is 2.67. The molecule has 2 atom stereocenters. The molecule has 1 fully saturated rings. The highest BCUT2D eigenvalue weighted by Crippen LogP contribution is 2.25. The van der Waals surface area contributed by atoms with Gasteiger partial charge in [0, 0.05) is 6.08 Å². The highest BCUT2D eigenvalue weighted by molar-refractivity contribution is 5.81. The molecule has 0 radical (unpaired) electrons. The first-order valence-corrected chi connectivity index (χ1v) is 3.26. The van der Waals surface area contributed by atoms with Gasteiger partial charge in [0.25, 0.3) is 0 Å². The molecule has 0 bridgehead atoms. The first-order chi connectivity index (χ1) is 4.77. The number of epoxide rings is 1. The summed E-state index contributed by atoms with van der Waals surface area (Å²) in [6.45, 7) is 5.24. The fraction of sp³-hybridized carbons (Fsp3) is 0.571. The number of ether oxygens (including phenoxy) is 2. The number of hydrogen-bond acceptors (Lipinski definition) is 3. The van der Waals surface area contributed by atoms with Crippen LogP contribution in [0, 0.1) is 0 Å². The highest BCUT2D eigenvalue weighted by atomic mass is 16.8. The second kappa shape index (κ2) is 2.84. The van der Waals surface area contributed by atoms with E-state index < -0.39 is 5.97 Å². The van der Waals surface area contributed by atoms with E-state index in [0.29, 0.717) is 0 Å². The molecule has 1 aliphatic heterocycles. The van der Waals surface area contributed by atoms with Crippen molar-refractivity contribution < 1.29 is 14.3 Å². The van der Waals surface area contributed by atoms with Crippen LogP contribution in [0.1, 0.15) is 13.3 Å². The molecule has 10 heavy (non-hydrogen) atoms. The predicted molar refractivity (Wildman–Crippen MR) is 35.2 cm³/mol. The van der Waals surface area contributed by atoms with E-state index in [1.165, 1.54) is 0 Å². The van der Waals surface area contributed by atoms with E-state index in [-0.39, 0.29) is 12.4 Å². The van der Waals surface area contributed by atoms with Gasteiger partial charge in [-0.05, 0) is 6.42 Å². The third-order valence-corrected chi connectivity index (χ3v) is 1.34. The number of carbonyl (C=O) groups is 1. The summed E-state index contributed by atoms with van der Waals surface area (Å²) >= 11 is 0. The Bertz CT molecular complexity index is 153. The molecule has 0 aromatic heterocycles. The minimum atomic E-state index is -0.416. The zero-order chi connectivity index (χ0) is 7.56. The summed E-state index contributed by atoms with van der Waals surface area (Å²) in [6, 6.07) is 0. The van der Waals surface area contributed by atoms with E-state index in [9.17, 15) is 4.79 Å². The fourth-order valence-corrected chi connectivity index (χ4v) is 0.682. The Kier molecular flexibility index (Phi) is 2.06. The minimum Gasteiger partial charge on any atom is -0.430 e. The summed E-state index contributed by atoms with van der Waals surface area (Å²) in [5, 5.41) is 0. The second-order valence-electron chi connectivity index (χ2n) is 2.09. The van der Waals surface area contributed by atoms with Gasteiger partial charge in [0.05, 0.1) is 0 Å². The van der Waals surface area contributed by atoms with Gasteiger partial charge in [0.2, 0.25) is 6.29 Å². The van der Waals surface area contributed by atoms with Crippen LogP contribution in [0.15, 0.2) is 12.7 Å². The van der Waals surface area contributed by atoms with Crippen LogP contribution >= 0.6 is 0 Å². The maximum Gasteiger partial charge on any atom is 0.332 e.